The van der Waals surface area contributed by atoms with Crippen molar-refractivity contribution in [3.05, 3.63) is 347 Å². The van der Waals surface area contributed by atoms with Crippen LogP contribution in [0.1, 0.15) is 133 Å². The Balaban J connectivity index is 0.902. The van der Waals surface area contributed by atoms with Crippen molar-refractivity contribution in [2.24, 2.45) is 11.3 Å². The summed E-state index contributed by atoms with van der Waals surface area (Å²) in [6.45, 7) is 26.3. The molecular weight excluding hydrogens is 1240 g/mol. The molecule has 0 bridgehead atoms. The Morgan fingerprint density at radius 1 is 0.340 bits per heavy atom. The molecule has 0 aromatic heterocycles. The molecule has 18 rings (SSSR count). The van der Waals surface area contributed by atoms with Crippen LogP contribution < -0.4 is 9.80 Å². The van der Waals surface area contributed by atoms with Gasteiger partial charge in [0.2, 0.25) is 0 Å². The number of hydrogen-bond acceptors (Lipinski definition) is 2. The minimum atomic E-state index is -0.205. The first-order chi connectivity index (χ1) is 49.8. The molecule has 502 valence electrons. The normalized spacial score (nSPS) is 16.4. The molecule has 2 heteroatoms. The van der Waals surface area contributed by atoms with Crippen LogP contribution in [-0.4, -0.2) is 0 Å². The zero-order chi connectivity index (χ0) is 70.4. The Bertz CT molecular complexity index is 5670. The molecule has 0 amide bonds. The van der Waals surface area contributed by atoms with Crippen LogP contribution in [0, 0.1) is 18.3 Å². The number of hydrogen-bond donors (Lipinski definition) is 0. The molecule has 2 nitrogen and oxygen atoms in total. The standard InChI is InChI=1S/C101H88N2/c1-63-34-49-81-84-53-46-74(62-95(84)101(10,11)92(81)56-63)102(71-43-50-77(64(2)57-71)78-28-18-21-31-89(78)98(3,4)5)72-47-54-85-87(58-72)96(69-39-35-67(36-40-69)65-24-14-12-15-25-65)86-55-48-73(59-88(86)97(85)70-41-37-68(38-42-70)66-26-16-13-17-27-66)103(75-44-51-82-79-29-19-22-32-90(79)99(6,7)93(82)60-75)76-45-52-83-80-30-20-23-33-91(80)100(8,9)94(83)61-76/h12-20,22-30,32-55,57-63H,21,31,56H2,1-11H3. The second-order valence-corrected chi connectivity index (χ2v) is 32.4. The van der Waals surface area contributed by atoms with E-state index in [4.69, 9.17) is 0 Å². The van der Waals surface area contributed by atoms with Crippen molar-refractivity contribution < 1.29 is 0 Å². The van der Waals surface area contributed by atoms with Gasteiger partial charge in [-0.2, -0.15) is 0 Å². The minimum Gasteiger partial charge on any atom is -0.310 e. The summed E-state index contributed by atoms with van der Waals surface area (Å²) in [5.74, 6) is 0.500. The van der Waals surface area contributed by atoms with Crippen LogP contribution >= 0.6 is 0 Å². The molecule has 5 aliphatic rings. The van der Waals surface area contributed by atoms with E-state index < -0.39 is 0 Å². The third kappa shape index (κ3) is 10.4. The second kappa shape index (κ2) is 24.0. The molecule has 0 fully saturated rings. The monoisotopic (exact) mass is 1330 g/mol. The zero-order valence-electron chi connectivity index (χ0n) is 61.3. The number of nitrogens with zero attached hydrogens (tertiary/aromatic N) is 2. The van der Waals surface area contributed by atoms with Gasteiger partial charge < -0.3 is 9.80 Å². The summed E-state index contributed by atoms with van der Waals surface area (Å²) in [7, 11) is 0. The highest BCUT2D eigenvalue weighted by molar-refractivity contribution is 6.23. The molecule has 0 N–H and O–H groups in total. The van der Waals surface area contributed by atoms with Crippen molar-refractivity contribution in [3.63, 3.8) is 0 Å². The lowest BCUT2D eigenvalue weighted by Crippen LogP contribution is -2.20. The highest BCUT2D eigenvalue weighted by atomic mass is 15.1. The Hall–Kier alpha value is -11.1. The van der Waals surface area contributed by atoms with Gasteiger partial charge in [-0.1, -0.05) is 299 Å². The van der Waals surface area contributed by atoms with Crippen LogP contribution in [-0.2, 0) is 16.2 Å². The van der Waals surface area contributed by atoms with Gasteiger partial charge in [0.25, 0.3) is 0 Å². The maximum absolute atomic E-state index is 2.56. The average Bonchev–Trinajstić information content (AvgIpc) is 1.68. The van der Waals surface area contributed by atoms with E-state index in [1.807, 2.05) is 0 Å². The molecule has 1 atom stereocenters. The van der Waals surface area contributed by atoms with Gasteiger partial charge in [0.1, 0.15) is 0 Å². The molecule has 0 spiro atoms. The summed E-state index contributed by atoms with van der Waals surface area (Å²) < 4.78 is 0. The number of benzene rings is 13. The fourth-order valence-corrected chi connectivity index (χ4v) is 18.7. The quantitative estimate of drug-likeness (QED) is 0.119. The van der Waals surface area contributed by atoms with Crippen LogP contribution in [0.5, 0.6) is 0 Å². The molecule has 13 aromatic carbocycles. The average molecular weight is 1330 g/mol. The van der Waals surface area contributed by atoms with Gasteiger partial charge in [0, 0.05) is 50.4 Å². The highest BCUT2D eigenvalue weighted by Gasteiger charge is 2.41. The van der Waals surface area contributed by atoms with Gasteiger partial charge in [-0.3, -0.25) is 0 Å². The summed E-state index contributed by atoms with van der Waals surface area (Å²) in [6.07, 6.45) is 12.8. The van der Waals surface area contributed by atoms with E-state index in [0.717, 1.165) is 64.5 Å². The minimum absolute atomic E-state index is 0.0491. The van der Waals surface area contributed by atoms with Crippen molar-refractivity contribution in [2.45, 2.75) is 112 Å². The smallest absolute Gasteiger partial charge is 0.0468 e. The van der Waals surface area contributed by atoms with Gasteiger partial charge in [0.15, 0.2) is 0 Å². The summed E-state index contributed by atoms with van der Waals surface area (Å²) in [4.78, 5) is 5.12. The number of allylic oxidation sites excluding steroid dienone is 8. The molecule has 5 aliphatic carbocycles. The SMILES string of the molecule is Cc1cc(N(c2ccc3c(c2)C(C)(C)C2=C3C=CC(C)C2)c2ccc3c(-c4ccc(-c5ccccc5)cc4)c4cc(N(c5ccc6c(c5)C(C)(C)c5ccccc5-6)c5ccc6c(c5)C(C)(C)c5ccccc5-6)ccc4c(-c4ccc(-c5ccccc5)cc4)c3c2)ccc1C1=C(C(C)(C)C)CCC=C1. The molecular formula is C101H88N2. The van der Waals surface area contributed by atoms with Crippen molar-refractivity contribution in [1.82, 2.24) is 0 Å². The maximum Gasteiger partial charge on any atom is 0.0468 e. The lowest BCUT2D eigenvalue weighted by atomic mass is 9.76. The van der Waals surface area contributed by atoms with E-state index in [1.165, 1.54) is 138 Å². The predicted octanol–water partition coefficient (Wildman–Crippen LogP) is 28.3. The van der Waals surface area contributed by atoms with Crippen LogP contribution in [0.15, 0.2) is 302 Å². The van der Waals surface area contributed by atoms with Gasteiger partial charge in [-0.25, -0.2) is 0 Å². The number of anilines is 6. The van der Waals surface area contributed by atoms with E-state index in [9.17, 15) is 0 Å². The van der Waals surface area contributed by atoms with Crippen LogP contribution in [0.25, 0.3) is 99.5 Å². The van der Waals surface area contributed by atoms with E-state index in [-0.39, 0.29) is 21.7 Å². The lowest BCUT2D eigenvalue weighted by Gasteiger charge is -2.31. The van der Waals surface area contributed by atoms with Crippen molar-refractivity contribution in [1.29, 1.82) is 0 Å². The summed E-state index contributed by atoms with van der Waals surface area (Å²) in [6, 6.07) is 102. The zero-order valence-corrected chi connectivity index (χ0v) is 61.3. The lowest BCUT2D eigenvalue weighted by molar-refractivity contribution is 0.484. The number of fused-ring (bicyclic) bond motifs is 10. The van der Waals surface area contributed by atoms with Gasteiger partial charge >= 0.3 is 0 Å². The Labute approximate surface area is 609 Å². The van der Waals surface area contributed by atoms with E-state index in [2.05, 4.69) is 377 Å². The fraction of sp³-hybridized carbons (Fsp3) is 0.188. The summed E-state index contributed by atoms with van der Waals surface area (Å²) in [5.41, 5.74) is 37.6. The molecule has 103 heavy (non-hydrogen) atoms. The summed E-state index contributed by atoms with van der Waals surface area (Å²) in [5, 5.41) is 4.75. The third-order valence-corrected chi connectivity index (χ3v) is 24.1. The highest BCUT2D eigenvalue weighted by Crippen LogP contribution is 2.57. The van der Waals surface area contributed by atoms with Gasteiger partial charge in [-0.15, -0.1) is 0 Å². The van der Waals surface area contributed by atoms with Crippen LogP contribution in [0.3, 0.4) is 0 Å². The maximum atomic E-state index is 2.56. The van der Waals surface area contributed by atoms with Gasteiger partial charge in [-0.05, 0) is 254 Å². The van der Waals surface area contributed by atoms with Crippen molar-refractivity contribution in [2.75, 3.05) is 9.80 Å². The molecule has 13 aromatic rings. The molecule has 0 radical (unpaired) electrons. The van der Waals surface area contributed by atoms with E-state index in [0.29, 0.717) is 5.92 Å². The topological polar surface area (TPSA) is 6.48 Å². The largest absolute Gasteiger partial charge is 0.310 e. The van der Waals surface area contributed by atoms with E-state index >= 15 is 0 Å². The molecule has 0 saturated heterocycles. The van der Waals surface area contributed by atoms with E-state index in [1.54, 1.807) is 5.57 Å². The summed E-state index contributed by atoms with van der Waals surface area (Å²) >= 11 is 0. The Kier molecular flexibility index (Phi) is 15.0. The Morgan fingerprint density at radius 3 is 1.20 bits per heavy atom. The van der Waals surface area contributed by atoms with Crippen molar-refractivity contribution in [3.8, 4) is 66.8 Å². The molecule has 0 aliphatic heterocycles. The molecule has 0 heterocycles. The Morgan fingerprint density at radius 2 is 0.728 bits per heavy atom. The van der Waals surface area contributed by atoms with Crippen LogP contribution in [0.4, 0.5) is 34.1 Å². The first kappa shape index (κ1) is 64.1. The first-order valence-corrected chi connectivity index (χ1v) is 37.3. The van der Waals surface area contributed by atoms with Crippen LogP contribution in [0.2, 0.25) is 0 Å². The first-order valence-electron chi connectivity index (χ1n) is 37.3. The van der Waals surface area contributed by atoms with Crippen molar-refractivity contribution >= 4 is 66.8 Å². The number of rotatable bonds is 11. The fourth-order valence-electron chi connectivity index (χ4n) is 18.7. The number of aryl methyl sites for hydroxylation is 1. The molecule has 1 unspecified atom stereocenters. The molecule has 0 saturated carbocycles. The third-order valence-electron chi connectivity index (χ3n) is 24.1. The van der Waals surface area contributed by atoms with Gasteiger partial charge in [0.05, 0.1) is 0 Å². The second-order valence-electron chi connectivity index (χ2n) is 32.4. The predicted molar refractivity (Wildman–Crippen MR) is 440 cm³/mol.